The highest BCUT2D eigenvalue weighted by Crippen LogP contribution is 2.18. The summed E-state index contributed by atoms with van der Waals surface area (Å²) in [6, 6.07) is 6.29. The minimum Gasteiger partial charge on any atom is -0.386 e. The number of aliphatic hydroxyl groups is 1. The highest BCUT2D eigenvalue weighted by atomic mass is 19.1. The predicted molar refractivity (Wildman–Crippen MR) is 64.0 cm³/mol. The summed E-state index contributed by atoms with van der Waals surface area (Å²) in [7, 11) is 0. The van der Waals surface area contributed by atoms with E-state index in [1.54, 1.807) is 12.1 Å². The Morgan fingerprint density at radius 2 is 2.35 bits per heavy atom. The van der Waals surface area contributed by atoms with Gasteiger partial charge in [-0.1, -0.05) is 12.1 Å². The zero-order valence-corrected chi connectivity index (χ0v) is 9.44. The van der Waals surface area contributed by atoms with Gasteiger partial charge in [-0.05, 0) is 30.5 Å². The van der Waals surface area contributed by atoms with Crippen LogP contribution in [0.5, 0.6) is 0 Å². The Bertz CT molecular complexity index is 418. The van der Waals surface area contributed by atoms with Gasteiger partial charge < -0.3 is 16.2 Å². The maximum atomic E-state index is 12.9. The molecule has 0 amide bonds. The van der Waals surface area contributed by atoms with Crippen molar-refractivity contribution in [3.63, 3.8) is 0 Å². The van der Waals surface area contributed by atoms with E-state index in [2.05, 4.69) is 10.3 Å². The van der Waals surface area contributed by atoms with Crippen molar-refractivity contribution in [2.45, 2.75) is 25.0 Å². The highest BCUT2D eigenvalue weighted by molar-refractivity contribution is 5.78. The minimum absolute atomic E-state index is 0.134. The first-order chi connectivity index (χ1) is 8.15. The molecule has 4 nitrogen and oxygen atoms in total. The lowest BCUT2D eigenvalue weighted by Crippen LogP contribution is -2.33. The molecule has 5 heteroatoms. The fourth-order valence-corrected chi connectivity index (χ4v) is 1.49. The molecule has 0 heterocycles. The van der Waals surface area contributed by atoms with Crippen molar-refractivity contribution >= 4 is 5.96 Å². The van der Waals surface area contributed by atoms with Crippen LogP contribution >= 0.6 is 0 Å². The van der Waals surface area contributed by atoms with Crippen molar-refractivity contribution < 1.29 is 9.50 Å². The SMILES string of the molecule is NC(=NCC(O)c1cccc(F)c1)NC1CC1. The lowest BCUT2D eigenvalue weighted by molar-refractivity contribution is 0.186. The highest BCUT2D eigenvalue weighted by Gasteiger charge is 2.21. The van der Waals surface area contributed by atoms with Crippen molar-refractivity contribution in [3.8, 4) is 0 Å². The number of rotatable bonds is 4. The van der Waals surface area contributed by atoms with E-state index < -0.39 is 6.10 Å². The number of benzene rings is 1. The molecule has 0 bridgehead atoms. The molecular formula is C12H16FN3O. The molecule has 0 radical (unpaired) electrons. The molecule has 1 aromatic carbocycles. The largest absolute Gasteiger partial charge is 0.386 e. The molecule has 1 unspecified atom stereocenters. The van der Waals surface area contributed by atoms with Crippen LogP contribution in [0.2, 0.25) is 0 Å². The lowest BCUT2D eigenvalue weighted by Gasteiger charge is -2.09. The maximum absolute atomic E-state index is 12.9. The van der Waals surface area contributed by atoms with Crippen LogP contribution in [0.1, 0.15) is 24.5 Å². The van der Waals surface area contributed by atoms with E-state index in [1.165, 1.54) is 12.1 Å². The second-order valence-corrected chi connectivity index (χ2v) is 4.22. The first-order valence-corrected chi connectivity index (χ1v) is 5.65. The average Bonchev–Trinajstić information content (AvgIpc) is 3.10. The molecule has 1 aliphatic carbocycles. The molecule has 2 rings (SSSR count). The van der Waals surface area contributed by atoms with Gasteiger partial charge in [0.25, 0.3) is 0 Å². The zero-order valence-electron chi connectivity index (χ0n) is 9.44. The number of halogens is 1. The molecule has 17 heavy (non-hydrogen) atoms. The van der Waals surface area contributed by atoms with Gasteiger partial charge in [0.05, 0.1) is 12.6 Å². The number of nitrogens with two attached hydrogens (primary N) is 1. The first-order valence-electron chi connectivity index (χ1n) is 5.65. The zero-order chi connectivity index (χ0) is 12.3. The number of aliphatic hydroxyl groups excluding tert-OH is 1. The van der Waals surface area contributed by atoms with Crippen molar-refractivity contribution in [2.24, 2.45) is 10.7 Å². The molecule has 4 N–H and O–H groups in total. The first kappa shape index (κ1) is 11.9. The van der Waals surface area contributed by atoms with E-state index >= 15 is 0 Å². The van der Waals surface area contributed by atoms with Gasteiger partial charge in [-0.15, -0.1) is 0 Å². The fraction of sp³-hybridized carbons (Fsp3) is 0.417. The second kappa shape index (κ2) is 5.14. The molecule has 0 spiro atoms. The Hall–Kier alpha value is -1.62. The van der Waals surface area contributed by atoms with E-state index in [9.17, 15) is 9.50 Å². The summed E-state index contributed by atoms with van der Waals surface area (Å²) >= 11 is 0. The molecule has 92 valence electrons. The molecule has 0 saturated heterocycles. The number of guanidine groups is 1. The summed E-state index contributed by atoms with van der Waals surface area (Å²) in [4.78, 5) is 4.02. The van der Waals surface area contributed by atoms with Gasteiger partial charge >= 0.3 is 0 Å². The predicted octanol–water partition coefficient (Wildman–Crippen LogP) is 0.926. The van der Waals surface area contributed by atoms with Crippen LogP contribution in [0.4, 0.5) is 4.39 Å². The molecular weight excluding hydrogens is 221 g/mol. The molecule has 1 aliphatic rings. The Morgan fingerprint density at radius 1 is 1.59 bits per heavy atom. The van der Waals surface area contributed by atoms with Gasteiger partial charge in [0.15, 0.2) is 5.96 Å². The summed E-state index contributed by atoms with van der Waals surface area (Å²) in [6.07, 6.45) is 1.40. The smallest absolute Gasteiger partial charge is 0.188 e. The molecule has 1 saturated carbocycles. The van der Waals surface area contributed by atoms with E-state index in [4.69, 9.17) is 5.73 Å². The van der Waals surface area contributed by atoms with Gasteiger partial charge in [-0.2, -0.15) is 0 Å². The summed E-state index contributed by atoms with van der Waals surface area (Å²) in [5.41, 5.74) is 6.13. The van der Waals surface area contributed by atoms with Gasteiger partial charge in [-0.25, -0.2) is 4.39 Å². The summed E-state index contributed by atoms with van der Waals surface area (Å²) in [5, 5.41) is 12.8. The third kappa shape index (κ3) is 3.71. The van der Waals surface area contributed by atoms with Gasteiger partial charge in [0.2, 0.25) is 0 Å². The number of aliphatic imine (C=N–C) groups is 1. The Balaban J connectivity index is 1.89. The third-order valence-corrected chi connectivity index (χ3v) is 2.60. The van der Waals surface area contributed by atoms with Crippen LogP contribution in [-0.4, -0.2) is 23.7 Å². The summed E-state index contributed by atoms with van der Waals surface area (Å²) in [5.74, 6) is -0.0300. The molecule has 1 fully saturated rings. The molecule has 0 aliphatic heterocycles. The molecule has 1 atom stereocenters. The Morgan fingerprint density at radius 3 is 3.00 bits per heavy atom. The second-order valence-electron chi connectivity index (χ2n) is 4.22. The topological polar surface area (TPSA) is 70.6 Å². The fourth-order valence-electron chi connectivity index (χ4n) is 1.49. The summed E-state index contributed by atoms with van der Waals surface area (Å²) < 4.78 is 12.9. The molecule has 1 aromatic rings. The quantitative estimate of drug-likeness (QED) is 0.539. The molecule has 0 aromatic heterocycles. The van der Waals surface area contributed by atoms with E-state index in [0.717, 1.165) is 12.8 Å². The van der Waals surface area contributed by atoms with Gasteiger partial charge in [0, 0.05) is 6.04 Å². The number of nitrogens with zero attached hydrogens (tertiary/aromatic N) is 1. The third-order valence-electron chi connectivity index (χ3n) is 2.60. The van der Waals surface area contributed by atoms with E-state index in [1.807, 2.05) is 0 Å². The standard InChI is InChI=1S/C12H16FN3O/c13-9-3-1-2-8(6-9)11(17)7-15-12(14)16-10-4-5-10/h1-3,6,10-11,17H,4-5,7H2,(H3,14,15,16). The van der Waals surface area contributed by atoms with Crippen LogP contribution in [0, 0.1) is 5.82 Å². The van der Waals surface area contributed by atoms with Crippen molar-refractivity contribution in [1.29, 1.82) is 0 Å². The number of hydrogen-bond donors (Lipinski definition) is 3. The van der Waals surface area contributed by atoms with Crippen molar-refractivity contribution in [1.82, 2.24) is 5.32 Å². The van der Waals surface area contributed by atoms with Crippen LogP contribution < -0.4 is 11.1 Å². The van der Waals surface area contributed by atoms with Gasteiger partial charge in [0.1, 0.15) is 5.82 Å². The minimum atomic E-state index is -0.828. The normalized spacial score (nSPS) is 17.9. The maximum Gasteiger partial charge on any atom is 0.188 e. The van der Waals surface area contributed by atoms with E-state index in [0.29, 0.717) is 17.6 Å². The summed E-state index contributed by atoms with van der Waals surface area (Å²) in [6.45, 7) is 0.134. The van der Waals surface area contributed by atoms with E-state index in [-0.39, 0.29) is 12.4 Å². The monoisotopic (exact) mass is 237 g/mol. The number of nitrogens with one attached hydrogen (secondary N) is 1. The van der Waals surface area contributed by atoms with Crippen LogP contribution in [-0.2, 0) is 0 Å². The lowest BCUT2D eigenvalue weighted by atomic mass is 10.1. The van der Waals surface area contributed by atoms with Crippen molar-refractivity contribution in [3.05, 3.63) is 35.6 Å². The van der Waals surface area contributed by atoms with Crippen LogP contribution in [0.3, 0.4) is 0 Å². The number of hydrogen-bond acceptors (Lipinski definition) is 2. The average molecular weight is 237 g/mol. The van der Waals surface area contributed by atoms with Gasteiger partial charge in [-0.3, -0.25) is 4.99 Å². The van der Waals surface area contributed by atoms with Crippen molar-refractivity contribution in [2.75, 3.05) is 6.54 Å². The van der Waals surface area contributed by atoms with Crippen LogP contribution in [0.25, 0.3) is 0 Å². The Kier molecular flexibility index (Phi) is 3.58. The Labute approximate surface area is 99.4 Å². The van der Waals surface area contributed by atoms with Crippen LogP contribution in [0.15, 0.2) is 29.3 Å².